The summed E-state index contributed by atoms with van der Waals surface area (Å²) < 4.78 is 6.80. The number of benzene rings is 3. The number of ether oxygens (including phenoxy) is 1. The van der Waals surface area contributed by atoms with E-state index in [-0.39, 0.29) is 18.5 Å². The van der Waals surface area contributed by atoms with Crippen LogP contribution in [0.4, 0.5) is 0 Å². The molecule has 174 valence electrons. The molecule has 2 aliphatic heterocycles. The van der Waals surface area contributed by atoms with E-state index in [1.54, 1.807) is 0 Å². The fourth-order valence-electron chi connectivity index (χ4n) is 5.86. The number of rotatable bonds is 6. The van der Waals surface area contributed by atoms with Gasteiger partial charge in [0.1, 0.15) is 6.10 Å². The third-order valence-corrected chi connectivity index (χ3v) is 7.92. The average Bonchev–Trinajstić information content (AvgIpc) is 3.06. The van der Waals surface area contributed by atoms with Gasteiger partial charge in [0.25, 0.3) is 0 Å². The first-order valence-electron chi connectivity index (χ1n) is 11.8. The minimum Gasteiger partial charge on any atom is -0.368 e. The number of halogens is 2. The quantitative estimate of drug-likeness (QED) is 0.362. The van der Waals surface area contributed by atoms with Crippen molar-refractivity contribution in [1.29, 1.82) is 0 Å². The van der Waals surface area contributed by atoms with Crippen molar-refractivity contribution < 1.29 is 4.74 Å². The molecule has 2 aliphatic rings. The highest BCUT2D eigenvalue weighted by Gasteiger charge is 2.46. The van der Waals surface area contributed by atoms with Gasteiger partial charge in [-0.15, -0.1) is 12.4 Å². The summed E-state index contributed by atoms with van der Waals surface area (Å²) in [5, 5.41) is 0.755. The van der Waals surface area contributed by atoms with E-state index in [4.69, 9.17) is 16.3 Å². The maximum atomic E-state index is 6.80. The van der Waals surface area contributed by atoms with Gasteiger partial charge in [-0.25, -0.2) is 0 Å². The van der Waals surface area contributed by atoms with Gasteiger partial charge in [-0.05, 0) is 68.0 Å². The molecule has 0 radical (unpaired) electrons. The first kappa shape index (κ1) is 24.3. The Balaban J connectivity index is 0.00000259. The van der Waals surface area contributed by atoms with E-state index >= 15 is 0 Å². The average molecular weight is 482 g/mol. The Kier molecular flexibility index (Phi) is 7.81. The van der Waals surface area contributed by atoms with E-state index in [0.29, 0.717) is 23.9 Å². The molecule has 33 heavy (non-hydrogen) atoms. The maximum absolute atomic E-state index is 6.80. The van der Waals surface area contributed by atoms with Crippen LogP contribution >= 0.6 is 24.0 Å². The van der Waals surface area contributed by atoms with Crippen LogP contribution in [0.2, 0.25) is 5.02 Å². The first-order valence-corrected chi connectivity index (χ1v) is 12.2. The molecule has 0 aromatic heterocycles. The molecule has 0 aliphatic carbocycles. The lowest BCUT2D eigenvalue weighted by atomic mass is 9.76. The van der Waals surface area contributed by atoms with Crippen LogP contribution in [0.5, 0.6) is 0 Å². The number of aryl methyl sites for hydroxylation is 1. The third-order valence-electron chi connectivity index (χ3n) is 7.67. The standard InChI is InChI=1S/C29H32ClNO.ClH/c1-20-8-10-21(11-9-20)26-18-25-16-17-28(31(25)2)27(26)19-32-29(22-6-4-3-5-7-22)23-12-14-24(30)15-13-23;/h3-15,25-29H,16-19H2,1-2H3;1H/t25?,26?,27-,28?,29?;/m0./s1. The smallest absolute Gasteiger partial charge is 0.108 e. The fourth-order valence-corrected chi connectivity index (χ4v) is 5.99. The molecule has 5 atom stereocenters. The van der Waals surface area contributed by atoms with Gasteiger partial charge in [-0.2, -0.15) is 0 Å². The lowest BCUT2D eigenvalue weighted by molar-refractivity contribution is -0.00335. The van der Waals surface area contributed by atoms with Crippen LogP contribution in [0.15, 0.2) is 78.9 Å². The second-order valence-corrected chi connectivity index (χ2v) is 9.99. The van der Waals surface area contributed by atoms with Crippen molar-refractivity contribution >= 4 is 24.0 Å². The van der Waals surface area contributed by atoms with Crippen LogP contribution in [0.1, 0.15) is 53.5 Å². The van der Waals surface area contributed by atoms with Crippen LogP contribution in [-0.4, -0.2) is 30.6 Å². The molecule has 3 aromatic carbocycles. The molecular weight excluding hydrogens is 449 g/mol. The molecule has 0 amide bonds. The molecule has 4 heteroatoms. The van der Waals surface area contributed by atoms with Crippen LogP contribution in [0, 0.1) is 12.8 Å². The van der Waals surface area contributed by atoms with Crippen molar-refractivity contribution in [3.63, 3.8) is 0 Å². The molecular formula is C29H33Cl2NO. The molecule has 5 rings (SSSR count). The zero-order valence-corrected chi connectivity index (χ0v) is 20.9. The summed E-state index contributed by atoms with van der Waals surface area (Å²) in [6.07, 6.45) is 3.71. The Morgan fingerprint density at radius 2 is 1.58 bits per heavy atom. The predicted octanol–water partition coefficient (Wildman–Crippen LogP) is 7.44. The van der Waals surface area contributed by atoms with E-state index in [1.165, 1.54) is 36.0 Å². The van der Waals surface area contributed by atoms with E-state index < -0.39 is 0 Å². The zero-order chi connectivity index (χ0) is 22.1. The molecule has 2 nitrogen and oxygen atoms in total. The van der Waals surface area contributed by atoms with Crippen LogP contribution < -0.4 is 0 Å². The lowest BCUT2D eigenvalue weighted by Gasteiger charge is -2.43. The molecule has 0 spiro atoms. The minimum absolute atomic E-state index is 0. The van der Waals surface area contributed by atoms with Crippen molar-refractivity contribution in [3.8, 4) is 0 Å². The predicted molar refractivity (Wildman–Crippen MR) is 140 cm³/mol. The number of piperidine rings is 1. The summed E-state index contributed by atoms with van der Waals surface area (Å²) in [5.41, 5.74) is 5.14. The highest BCUT2D eigenvalue weighted by molar-refractivity contribution is 6.30. The molecule has 2 saturated heterocycles. The Bertz CT molecular complexity index is 1020. The molecule has 2 bridgehead atoms. The van der Waals surface area contributed by atoms with Crippen molar-refractivity contribution in [2.45, 2.75) is 50.3 Å². The molecule has 3 aromatic rings. The summed E-state index contributed by atoms with van der Waals surface area (Å²) >= 11 is 6.17. The summed E-state index contributed by atoms with van der Waals surface area (Å²) in [7, 11) is 2.31. The highest BCUT2D eigenvalue weighted by Crippen LogP contribution is 2.47. The Hall–Kier alpha value is -1.84. The minimum atomic E-state index is -0.0865. The highest BCUT2D eigenvalue weighted by atomic mass is 35.5. The molecule has 2 fully saturated rings. The van der Waals surface area contributed by atoms with Gasteiger partial charge in [-0.1, -0.05) is 83.9 Å². The van der Waals surface area contributed by atoms with E-state index in [9.17, 15) is 0 Å². The fraction of sp³-hybridized carbons (Fsp3) is 0.379. The van der Waals surface area contributed by atoms with Gasteiger partial charge in [0.05, 0.1) is 6.61 Å². The van der Waals surface area contributed by atoms with Crippen LogP contribution in [0.3, 0.4) is 0 Å². The van der Waals surface area contributed by atoms with E-state index in [2.05, 4.69) is 85.6 Å². The normalized spacial score (nSPS) is 25.4. The summed E-state index contributed by atoms with van der Waals surface area (Å²) in [4.78, 5) is 2.62. The third kappa shape index (κ3) is 5.15. The Morgan fingerprint density at radius 3 is 2.27 bits per heavy atom. The van der Waals surface area contributed by atoms with Crippen LogP contribution in [-0.2, 0) is 4.74 Å². The van der Waals surface area contributed by atoms with Crippen molar-refractivity contribution in [2.75, 3.05) is 13.7 Å². The van der Waals surface area contributed by atoms with Gasteiger partial charge in [0.15, 0.2) is 0 Å². The van der Waals surface area contributed by atoms with Gasteiger partial charge >= 0.3 is 0 Å². The van der Waals surface area contributed by atoms with Crippen molar-refractivity contribution in [3.05, 3.63) is 106 Å². The topological polar surface area (TPSA) is 12.5 Å². The molecule has 0 saturated carbocycles. The van der Waals surface area contributed by atoms with Crippen molar-refractivity contribution in [1.82, 2.24) is 4.90 Å². The Morgan fingerprint density at radius 1 is 0.909 bits per heavy atom. The monoisotopic (exact) mass is 481 g/mol. The molecule has 2 heterocycles. The zero-order valence-electron chi connectivity index (χ0n) is 19.4. The molecule has 4 unspecified atom stereocenters. The van der Waals surface area contributed by atoms with Gasteiger partial charge in [0.2, 0.25) is 0 Å². The lowest BCUT2D eigenvalue weighted by Crippen LogP contribution is -2.47. The number of hydrogen-bond acceptors (Lipinski definition) is 2. The first-order chi connectivity index (χ1) is 15.6. The van der Waals surface area contributed by atoms with Gasteiger partial charge < -0.3 is 9.64 Å². The largest absolute Gasteiger partial charge is 0.368 e. The van der Waals surface area contributed by atoms with E-state index in [1.807, 2.05) is 12.1 Å². The van der Waals surface area contributed by atoms with Crippen molar-refractivity contribution in [2.24, 2.45) is 5.92 Å². The van der Waals surface area contributed by atoms with E-state index in [0.717, 1.165) is 17.2 Å². The summed E-state index contributed by atoms with van der Waals surface area (Å²) in [6.45, 7) is 2.92. The SMILES string of the molecule is Cc1ccc(C2CC3CCC([C@H]2COC(c2ccccc2)c2ccc(Cl)cc2)N3C)cc1.Cl. The molecule has 0 N–H and O–H groups in total. The Labute approximate surface area is 209 Å². The number of fused-ring (bicyclic) bond motifs is 2. The summed E-state index contributed by atoms with van der Waals surface area (Å²) in [6, 6.07) is 29.1. The van der Waals surface area contributed by atoms with Crippen LogP contribution in [0.25, 0.3) is 0 Å². The summed E-state index contributed by atoms with van der Waals surface area (Å²) in [5.74, 6) is 1.03. The second kappa shape index (κ2) is 10.6. The van der Waals surface area contributed by atoms with Gasteiger partial charge in [0, 0.05) is 23.0 Å². The number of hydrogen-bond donors (Lipinski definition) is 0. The second-order valence-electron chi connectivity index (χ2n) is 9.56. The number of nitrogens with zero attached hydrogens (tertiary/aromatic N) is 1. The van der Waals surface area contributed by atoms with Gasteiger partial charge in [-0.3, -0.25) is 0 Å². The maximum Gasteiger partial charge on any atom is 0.108 e.